The van der Waals surface area contributed by atoms with Crippen LogP contribution in [0, 0.1) is 16.7 Å². The zero-order valence-electron chi connectivity index (χ0n) is 11.6. The maximum Gasteiger partial charge on any atom is 0.244 e. The van der Waals surface area contributed by atoms with Crippen LogP contribution in [-0.4, -0.2) is 16.1 Å². The van der Waals surface area contributed by atoms with Gasteiger partial charge >= 0.3 is 0 Å². The van der Waals surface area contributed by atoms with E-state index in [-0.39, 0.29) is 5.91 Å². The molecule has 5 nitrogen and oxygen atoms in total. The van der Waals surface area contributed by atoms with Crippen LogP contribution in [0.3, 0.4) is 0 Å². The molecule has 1 fully saturated rings. The standard InChI is InChI=1S/C16H16N4O/c17-11-16(7-1-2-8-16)15(21)19-13-5-3-4-12(10-13)14-6-9-18-20-14/h3-6,9-10H,1-2,7-8H2,(H,18,20)(H,19,21). The van der Waals surface area contributed by atoms with Gasteiger partial charge in [-0.05, 0) is 31.0 Å². The Morgan fingerprint density at radius 1 is 1.33 bits per heavy atom. The number of rotatable bonds is 3. The summed E-state index contributed by atoms with van der Waals surface area (Å²) in [5.41, 5.74) is 1.68. The summed E-state index contributed by atoms with van der Waals surface area (Å²) < 4.78 is 0. The number of nitriles is 1. The first kappa shape index (κ1) is 13.4. The van der Waals surface area contributed by atoms with Gasteiger partial charge < -0.3 is 5.32 Å². The zero-order valence-corrected chi connectivity index (χ0v) is 11.6. The third-order valence-corrected chi connectivity index (χ3v) is 4.04. The molecule has 0 aliphatic heterocycles. The second-order valence-corrected chi connectivity index (χ2v) is 5.41. The minimum Gasteiger partial charge on any atom is -0.325 e. The summed E-state index contributed by atoms with van der Waals surface area (Å²) in [6.07, 6.45) is 4.86. The molecule has 1 saturated carbocycles. The van der Waals surface area contributed by atoms with E-state index < -0.39 is 5.41 Å². The summed E-state index contributed by atoms with van der Waals surface area (Å²) in [4.78, 5) is 12.4. The SMILES string of the molecule is N#CC1(C(=O)Nc2cccc(-c3ccn[nH]3)c2)CCCC1. The van der Waals surface area contributed by atoms with Crippen molar-refractivity contribution in [2.45, 2.75) is 25.7 Å². The van der Waals surface area contributed by atoms with Gasteiger partial charge in [-0.3, -0.25) is 9.89 Å². The van der Waals surface area contributed by atoms with E-state index in [1.165, 1.54) is 0 Å². The van der Waals surface area contributed by atoms with Gasteiger partial charge in [0.1, 0.15) is 5.41 Å². The summed E-state index contributed by atoms with van der Waals surface area (Å²) in [6, 6.07) is 11.6. The number of aromatic amines is 1. The van der Waals surface area contributed by atoms with Crippen molar-refractivity contribution in [1.29, 1.82) is 5.26 Å². The molecule has 1 aromatic carbocycles. The average Bonchev–Trinajstić information content (AvgIpc) is 3.20. The molecule has 1 heterocycles. The number of benzene rings is 1. The highest BCUT2D eigenvalue weighted by Crippen LogP contribution is 2.38. The van der Waals surface area contributed by atoms with E-state index in [9.17, 15) is 10.1 Å². The van der Waals surface area contributed by atoms with Crippen molar-refractivity contribution in [3.8, 4) is 17.3 Å². The smallest absolute Gasteiger partial charge is 0.244 e. The lowest BCUT2D eigenvalue weighted by Gasteiger charge is -2.19. The van der Waals surface area contributed by atoms with Crippen molar-refractivity contribution in [1.82, 2.24) is 10.2 Å². The summed E-state index contributed by atoms with van der Waals surface area (Å²) in [7, 11) is 0. The van der Waals surface area contributed by atoms with Crippen molar-refractivity contribution >= 4 is 11.6 Å². The third-order valence-electron chi connectivity index (χ3n) is 4.04. The maximum absolute atomic E-state index is 12.4. The fourth-order valence-electron chi connectivity index (χ4n) is 2.80. The Labute approximate surface area is 123 Å². The molecule has 5 heteroatoms. The van der Waals surface area contributed by atoms with Gasteiger partial charge in [-0.1, -0.05) is 25.0 Å². The van der Waals surface area contributed by atoms with Crippen LogP contribution < -0.4 is 5.32 Å². The van der Waals surface area contributed by atoms with Crippen LogP contribution in [0.5, 0.6) is 0 Å². The minimum absolute atomic E-state index is 0.190. The highest BCUT2D eigenvalue weighted by atomic mass is 16.2. The molecule has 1 aliphatic rings. The lowest BCUT2D eigenvalue weighted by molar-refractivity contribution is -0.122. The molecular formula is C16H16N4O. The van der Waals surface area contributed by atoms with Gasteiger partial charge in [0, 0.05) is 17.4 Å². The molecule has 2 aromatic rings. The van der Waals surface area contributed by atoms with Crippen LogP contribution in [0.15, 0.2) is 36.5 Å². The predicted octanol–water partition coefficient (Wildman–Crippen LogP) is 3.10. The van der Waals surface area contributed by atoms with Crippen molar-refractivity contribution < 1.29 is 4.79 Å². The number of aromatic nitrogens is 2. The van der Waals surface area contributed by atoms with Gasteiger partial charge in [-0.2, -0.15) is 10.4 Å². The van der Waals surface area contributed by atoms with E-state index in [0.717, 1.165) is 24.1 Å². The molecule has 0 saturated heterocycles. The van der Waals surface area contributed by atoms with Gasteiger partial charge in [0.15, 0.2) is 0 Å². The molecule has 0 radical (unpaired) electrons. The fraction of sp³-hybridized carbons (Fsp3) is 0.312. The summed E-state index contributed by atoms with van der Waals surface area (Å²) in [6.45, 7) is 0. The van der Waals surface area contributed by atoms with Crippen molar-refractivity contribution in [2.24, 2.45) is 5.41 Å². The summed E-state index contributed by atoms with van der Waals surface area (Å²) in [5.74, 6) is -0.190. The number of carbonyl (C=O) groups excluding carboxylic acids is 1. The Morgan fingerprint density at radius 2 is 2.14 bits per heavy atom. The normalized spacial score (nSPS) is 16.3. The molecule has 0 spiro atoms. The second kappa shape index (κ2) is 5.41. The second-order valence-electron chi connectivity index (χ2n) is 5.41. The van der Waals surface area contributed by atoms with Gasteiger partial charge in [0.05, 0.1) is 11.8 Å². The Kier molecular flexibility index (Phi) is 3.44. The lowest BCUT2D eigenvalue weighted by Crippen LogP contribution is -2.32. The number of carbonyl (C=O) groups is 1. The molecule has 1 aliphatic carbocycles. The first-order valence-electron chi connectivity index (χ1n) is 7.06. The van der Waals surface area contributed by atoms with E-state index in [4.69, 9.17) is 0 Å². The van der Waals surface area contributed by atoms with Gasteiger partial charge in [-0.15, -0.1) is 0 Å². The number of H-pyrrole nitrogens is 1. The molecule has 106 valence electrons. The van der Waals surface area contributed by atoms with Crippen molar-refractivity contribution in [3.63, 3.8) is 0 Å². The first-order valence-corrected chi connectivity index (χ1v) is 7.06. The maximum atomic E-state index is 12.4. The molecule has 1 aromatic heterocycles. The Bertz CT molecular complexity index is 679. The number of nitrogens with one attached hydrogen (secondary N) is 2. The van der Waals surface area contributed by atoms with E-state index >= 15 is 0 Å². The van der Waals surface area contributed by atoms with E-state index in [0.29, 0.717) is 18.5 Å². The molecule has 1 amide bonds. The predicted molar refractivity (Wildman–Crippen MR) is 79.2 cm³/mol. The number of hydrogen-bond donors (Lipinski definition) is 2. The molecule has 2 N–H and O–H groups in total. The van der Waals surface area contributed by atoms with Crippen LogP contribution in [-0.2, 0) is 4.79 Å². The highest BCUT2D eigenvalue weighted by molar-refractivity contribution is 5.97. The van der Waals surface area contributed by atoms with Gasteiger partial charge in [-0.25, -0.2) is 0 Å². The van der Waals surface area contributed by atoms with Crippen LogP contribution in [0.1, 0.15) is 25.7 Å². The topological polar surface area (TPSA) is 81.6 Å². The van der Waals surface area contributed by atoms with Crippen LogP contribution in [0.2, 0.25) is 0 Å². The molecule has 0 unspecified atom stereocenters. The van der Waals surface area contributed by atoms with E-state index in [1.807, 2.05) is 30.3 Å². The minimum atomic E-state index is -0.857. The van der Waals surface area contributed by atoms with Crippen LogP contribution >= 0.6 is 0 Å². The van der Waals surface area contributed by atoms with Gasteiger partial charge in [0.2, 0.25) is 5.91 Å². The third kappa shape index (κ3) is 2.52. The Hall–Kier alpha value is -2.61. The Balaban J connectivity index is 1.81. The number of nitrogens with zero attached hydrogens (tertiary/aromatic N) is 2. The molecule has 0 atom stereocenters. The van der Waals surface area contributed by atoms with E-state index in [1.54, 1.807) is 6.20 Å². The van der Waals surface area contributed by atoms with Crippen LogP contribution in [0.25, 0.3) is 11.3 Å². The first-order chi connectivity index (χ1) is 10.2. The molecular weight excluding hydrogens is 264 g/mol. The average molecular weight is 280 g/mol. The fourth-order valence-corrected chi connectivity index (χ4v) is 2.80. The number of amides is 1. The van der Waals surface area contributed by atoms with E-state index in [2.05, 4.69) is 21.6 Å². The molecule has 0 bridgehead atoms. The zero-order chi connectivity index (χ0) is 14.7. The number of anilines is 1. The van der Waals surface area contributed by atoms with Crippen molar-refractivity contribution in [3.05, 3.63) is 36.5 Å². The Morgan fingerprint density at radius 3 is 2.81 bits per heavy atom. The number of hydrogen-bond acceptors (Lipinski definition) is 3. The van der Waals surface area contributed by atoms with Crippen molar-refractivity contribution in [2.75, 3.05) is 5.32 Å². The summed E-state index contributed by atoms with van der Waals surface area (Å²) in [5, 5.41) is 19.0. The molecule has 3 rings (SSSR count). The quantitative estimate of drug-likeness (QED) is 0.906. The monoisotopic (exact) mass is 280 g/mol. The highest BCUT2D eigenvalue weighted by Gasteiger charge is 2.41. The molecule has 21 heavy (non-hydrogen) atoms. The largest absolute Gasteiger partial charge is 0.325 e. The van der Waals surface area contributed by atoms with Gasteiger partial charge in [0.25, 0.3) is 0 Å². The lowest BCUT2D eigenvalue weighted by atomic mass is 9.87. The van der Waals surface area contributed by atoms with Crippen LogP contribution in [0.4, 0.5) is 5.69 Å². The summed E-state index contributed by atoms with van der Waals surface area (Å²) >= 11 is 0.